The monoisotopic (exact) mass is 550 g/mol. The SMILES string of the molecule is CC(C)(C)c1cc2c3c(cc4c(C(C)(C)C)cc5c6c(cc1c5c42)C(C)(C)c1cncnc1-6)C(C)(C)c1cncnc1-3. The van der Waals surface area contributed by atoms with E-state index in [1.165, 1.54) is 76.8 Å². The Kier molecular flexibility index (Phi) is 4.62. The quantitative estimate of drug-likeness (QED) is 0.177. The van der Waals surface area contributed by atoms with Gasteiger partial charge in [0.05, 0.1) is 11.4 Å². The lowest BCUT2D eigenvalue weighted by atomic mass is 9.72. The number of aromatic nitrogens is 4. The molecule has 2 aromatic heterocycles. The molecule has 0 radical (unpaired) electrons. The molecule has 42 heavy (non-hydrogen) atoms. The summed E-state index contributed by atoms with van der Waals surface area (Å²) >= 11 is 0. The predicted molar refractivity (Wildman–Crippen MR) is 174 cm³/mol. The van der Waals surface area contributed by atoms with Gasteiger partial charge in [0.2, 0.25) is 0 Å². The first-order valence-electron chi connectivity index (χ1n) is 15.1. The van der Waals surface area contributed by atoms with Gasteiger partial charge in [0.1, 0.15) is 12.7 Å². The van der Waals surface area contributed by atoms with E-state index in [0.717, 1.165) is 11.4 Å². The maximum atomic E-state index is 4.92. The summed E-state index contributed by atoms with van der Waals surface area (Å²) in [5, 5.41) is 8.02. The molecule has 0 N–H and O–H groups in total. The Hall–Kier alpha value is -3.92. The smallest absolute Gasteiger partial charge is 0.116 e. The van der Waals surface area contributed by atoms with Crippen LogP contribution < -0.4 is 0 Å². The minimum absolute atomic E-state index is 0.0609. The molecule has 4 nitrogen and oxygen atoms in total. The molecule has 0 fully saturated rings. The molecule has 2 aliphatic rings. The van der Waals surface area contributed by atoms with Crippen molar-refractivity contribution in [1.82, 2.24) is 19.9 Å². The first-order chi connectivity index (χ1) is 19.6. The Morgan fingerprint density at radius 2 is 0.881 bits per heavy atom. The second-order valence-corrected chi connectivity index (χ2v) is 15.7. The van der Waals surface area contributed by atoms with Crippen LogP contribution in [-0.4, -0.2) is 19.9 Å². The van der Waals surface area contributed by atoms with Gasteiger partial charge in [-0.1, -0.05) is 69.2 Å². The molecular weight excluding hydrogens is 512 g/mol. The average molecular weight is 551 g/mol. The summed E-state index contributed by atoms with van der Waals surface area (Å²) in [7, 11) is 0. The first-order valence-corrected chi connectivity index (χ1v) is 15.1. The summed E-state index contributed by atoms with van der Waals surface area (Å²) in [4.78, 5) is 18.8. The van der Waals surface area contributed by atoms with Crippen LogP contribution in [0.25, 0.3) is 54.8 Å². The number of rotatable bonds is 0. The zero-order valence-corrected chi connectivity index (χ0v) is 26.4. The molecule has 0 atom stereocenters. The highest BCUT2D eigenvalue weighted by molar-refractivity contribution is 6.30. The summed E-state index contributed by atoms with van der Waals surface area (Å²) in [6, 6.07) is 9.99. The van der Waals surface area contributed by atoms with E-state index in [2.05, 4.69) is 103 Å². The van der Waals surface area contributed by atoms with Crippen LogP contribution in [0.1, 0.15) is 103 Å². The number of nitrogens with zero attached hydrogens (tertiary/aromatic N) is 4. The average Bonchev–Trinajstić information content (AvgIpc) is 3.29. The standard InChI is InChI=1S/C38H38N4/c1-35(2,3)23-13-21-30-20(12-26-31(21)33-27(38(26,9)10)15-39-17-41-33)24(36(4,5)6)14-22-29(30)19(23)11-25-32(22)34-28(37(25,7)8)16-40-18-42-34/h11-18H,1-10H3. The second-order valence-electron chi connectivity index (χ2n) is 15.7. The molecule has 4 heteroatoms. The second kappa shape index (κ2) is 7.53. The minimum Gasteiger partial charge on any atom is -0.244 e. The fourth-order valence-corrected chi connectivity index (χ4v) is 8.10. The van der Waals surface area contributed by atoms with E-state index in [4.69, 9.17) is 9.97 Å². The zero-order valence-electron chi connectivity index (χ0n) is 26.4. The molecule has 0 amide bonds. The third-order valence-electron chi connectivity index (χ3n) is 10.3. The van der Waals surface area contributed by atoms with E-state index >= 15 is 0 Å². The highest BCUT2D eigenvalue weighted by atomic mass is 14.8. The Balaban J connectivity index is 1.71. The number of hydrogen-bond donors (Lipinski definition) is 0. The number of benzene rings is 4. The molecule has 6 aromatic rings. The molecule has 8 rings (SSSR count). The lowest BCUT2D eigenvalue weighted by molar-refractivity contribution is 0.595. The summed E-state index contributed by atoms with van der Waals surface area (Å²) in [6.07, 6.45) is 7.46. The first kappa shape index (κ1) is 25.8. The normalized spacial score (nSPS) is 16.7. The van der Waals surface area contributed by atoms with E-state index < -0.39 is 0 Å². The molecule has 0 aliphatic heterocycles. The van der Waals surface area contributed by atoms with Crippen LogP contribution in [0.15, 0.2) is 49.3 Å². The van der Waals surface area contributed by atoms with Crippen LogP contribution in [0.4, 0.5) is 0 Å². The summed E-state index contributed by atoms with van der Waals surface area (Å²) < 4.78 is 0. The fourth-order valence-electron chi connectivity index (χ4n) is 8.10. The molecule has 0 spiro atoms. The highest BCUT2D eigenvalue weighted by Crippen LogP contribution is 2.58. The van der Waals surface area contributed by atoms with Crippen LogP contribution >= 0.6 is 0 Å². The van der Waals surface area contributed by atoms with Crippen molar-refractivity contribution in [2.24, 2.45) is 0 Å². The fraction of sp³-hybridized carbons (Fsp3) is 0.368. The van der Waals surface area contributed by atoms with Crippen molar-refractivity contribution < 1.29 is 0 Å². The van der Waals surface area contributed by atoms with E-state index in [1.807, 2.05) is 12.4 Å². The Morgan fingerprint density at radius 1 is 0.500 bits per heavy atom. The van der Waals surface area contributed by atoms with Crippen molar-refractivity contribution in [3.63, 3.8) is 0 Å². The van der Waals surface area contributed by atoms with Crippen molar-refractivity contribution in [1.29, 1.82) is 0 Å². The third-order valence-corrected chi connectivity index (χ3v) is 10.3. The van der Waals surface area contributed by atoms with Gasteiger partial charge in [0.25, 0.3) is 0 Å². The van der Waals surface area contributed by atoms with E-state index in [1.54, 1.807) is 12.7 Å². The van der Waals surface area contributed by atoms with Gasteiger partial charge in [-0.2, -0.15) is 0 Å². The highest BCUT2D eigenvalue weighted by Gasteiger charge is 2.42. The van der Waals surface area contributed by atoms with Gasteiger partial charge in [0, 0.05) is 45.5 Å². The van der Waals surface area contributed by atoms with Crippen molar-refractivity contribution in [2.45, 2.75) is 90.9 Å². The molecule has 0 bridgehead atoms. The van der Waals surface area contributed by atoms with E-state index in [0.29, 0.717) is 0 Å². The largest absolute Gasteiger partial charge is 0.244 e. The predicted octanol–water partition coefficient (Wildman–Crippen LogP) is 9.37. The van der Waals surface area contributed by atoms with Gasteiger partial charge in [-0.05, 0) is 89.7 Å². The molecular formula is C38H38N4. The van der Waals surface area contributed by atoms with Crippen LogP contribution in [0.2, 0.25) is 0 Å². The Labute approximate surface area is 248 Å². The number of fused-ring (bicyclic) bond motifs is 8. The molecule has 4 aromatic carbocycles. The van der Waals surface area contributed by atoms with E-state index in [-0.39, 0.29) is 21.7 Å². The van der Waals surface area contributed by atoms with Gasteiger partial charge in [-0.15, -0.1) is 0 Å². The minimum atomic E-state index is -0.186. The lowest BCUT2D eigenvalue weighted by Gasteiger charge is -2.31. The third kappa shape index (κ3) is 2.98. The van der Waals surface area contributed by atoms with Gasteiger partial charge < -0.3 is 0 Å². The molecule has 2 aliphatic carbocycles. The summed E-state index contributed by atoms with van der Waals surface area (Å²) in [5.41, 5.74) is 12.0. The Bertz CT molecular complexity index is 2000. The lowest BCUT2D eigenvalue weighted by Crippen LogP contribution is -2.18. The topological polar surface area (TPSA) is 51.6 Å². The van der Waals surface area contributed by atoms with Gasteiger partial charge in [-0.25, -0.2) is 19.9 Å². The maximum absolute atomic E-state index is 4.92. The molecule has 0 saturated carbocycles. The van der Waals surface area contributed by atoms with Crippen LogP contribution in [-0.2, 0) is 21.7 Å². The summed E-state index contributed by atoms with van der Waals surface area (Å²) in [6.45, 7) is 23.4. The van der Waals surface area contributed by atoms with Crippen LogP contribution in [0.3, 0.4) is 0 Å². The maximum Gasteiger partial charge on any atom is 0.116 e. The van der Waals surface area contributed by atoms with Gasteiger partial charge in [-0.3, -0.25) is 0 Å². The Morgan fingerprint density at radius 3 is 1.24 bits per heavy atom. The van der Waals surface area contributed by atoms with Crippen LogP contribution in [0.5, 0.6) is 0 Å². The van der Waals surface area contributed by atoms with Crippen molar-refractivity contribution in [2.75, 3.05) is 0 Å². The molecule has 210 valence electrons. The molecule has 0 unspecified atom stereocenters. The zero-order chi connectivity index (χ0) is 29.7. The van der Waals surface area contributed by atoms with Crippen LogP contribution in [0, 0.1) is 0 Å². The number of hydrogen-bond acceptors (Lipinski definition) is 4. The summed E-state index contributed by atoms with van der Waals surface area (Å²) in [5.74, 6) is 0. The van der Waals surface area contributed by atoms with Crippen molar-refractivity contribution in [3.05, 3.63) is 82.7 Å². The van der Waals surface area contributed by atoms with Crippen molar-refractivity contribution >= 4 is 32.3 Å². The van der Waals surface area contributed by atoms with Crippen molar-refractivity contribution in [3.8, 4) is 22.5 Å². The van der Waals surface area contributed by atoms with Gasteiger partial charge >= 0.3 is 0 Å². The molecule has 0 saturated heterocycles. The van der Waals surface area contributed by atoms with Gasteiger partial charge in [0.15, 0.2) is 0 Å². The molecule has 2 heterocycles. The van der Waals surface area contributed by atoms with E-state index in [9.17, 15) is 0 Å².